The Bertz CT molecular complexity index is 294. The maximum Gasteiger partial charge on any atom is 0.323 e. The highest BCUT2D eigenvalue weighted by Gasteiger charge is 2.19. The molecule has 0 radical (unpaired) electrons. The highest BCUT2D eigenvalue weighted by molar-refractivity contribution is 7.99. The molecule has 0 saturated heterocycles. The van der Waals surface area contributed by atoms with Gasteiger partial charge in [0.25, 0.3) is 0 Å². The van der Waals surface area contributed by atoms with Crippen molar-refractivity contribution >= 4 is 29.5 Å². The molecule has 0 heterocycles. The summed E-state index contributed by atoms with van der Waals surface area (Å²) in [6.07, 6.45) is 0.212. The minimum Gasteiger partial charge on any atom is -0.480 e. The molecular formula is C10H18N2O4S. The maximum atomic E-state index is 11.7. The molecule has 0 aromatic rings. The SMILES string of the molecule is CC(C)N(CC(=O)O)C(=O)CCSCC(N)=O. The smallest absolute Gasteiger partial charge is 0.323 e. The van der Waals surface area contributed by atoms with E-state index in [1.54, 1.807) is 13.8 Å². The van der Waals surface area contributed by atoms with Crippen molar-refractivity contribution in [2.45, 2.75) is 26.3 Å². The van der Waals surface area contributed by atoms with Crippen LogP contribution in [0, 0.1) is 0 Å². The second kappa shape index (κ2) is 7.94. The van der Waals surface area contributed by atoms with Crippen molar-refractivity contribution in [2.75, 3.05) is 18.1 Å². The van der Waals surface area contributed by atoms with Gasteiger partial charge in [-0.15, -0.1) is 0 Å². The van der Waals surface area contributed by atoms with Crippen molar-refractivity contribution in [3.05, 3.63) is 0 Å². The molecular weight excluding hydrogens is 244 g/mol. The topological polar surface area (TPSA) is 101 Å². The fraction of sp³-hybridized carbons (Fsp3) is 0.700. The van der Waals surface area contributed by atoms with E-state index < -0.39 is 11.9 Å². The van der Waals surface area contributed by atoms with Crippen LogP contribution in [-0.4, -0.2) is 51.9 Å². The Morgan fingerprint density at radius 2 is 1.94 bits per heavy atom. The van der Waals surface area contributed by atoms with E-state index in [1.165, 1.54) is 16.7 Å². The van der Waals surface area contributed by atoms with Crippen LogP contribution in [0.5, 0.6) is 0 Å². The standard InChI is InChI=1S/C10H18N2O4S/c1-7(2)12(5-10(15)16)9(14)3-4-17-6-8(11)13/h7H,3-6H2,1-2H3,(H2,11,13)(H,15,16). The molecule has 0 aliphatic rings. The third-order valence-corrected chi connectivity index (χ3v) is 2.94. The zero-order valence-corrected chi connectivity index (χ0v) is 10.8. The van der Waals surface area contributed by atoms with Crippen molar-refractivity contribution in [3.8, 4) is 0 Å². The molecule has 17 heavy (non-hydrogen) atoms. The van der Waals surface area contributed by atoms with Crippen molar-refractivity contribution in [3.63, 3.8) is 0 Å². The van der Waals surface area contributed by atoms with Crippen molar-refractivity contribution in [1.82, 2.24) is 4.90 Å². The number of carboxylic acid groups (broad SMARTS) is 1. The summed E-state index contributed by atoms with van der Waals surface area (Å²) >= 11 is 1.27. The quantitative estimate of drug-likeness (QED) is 0.596. The molecule has 0 bridgehead atoms. The van der Waals surface area contributed by atoms with Crippen LogP contribution in [0.2, 0.25) is 0 Å². The molecule has 0 unspecified atom stereocenters. The second-order valence-corrected chi connectivity index (χ2v) is 4.88. The van der Waals surface area contributed by atoms with Crippen LogP contribution in [-0.2, 0) is 14.4 Å². The van der Waals surface area contributed by atoms with Crippen LogP contribution in [0.3, 0.4) is 0 Å². The van der Waals surface area contributed by atoms with E-state index in [2.05, 4.69) is 0 Å². The van der Waals surface area contributed by atoms with Gasteiger partial charge >= 0.3 is 5.97 Å². The molecule has 0 saturated carbocycles. The average molecular weight is 262 g/mol. The molecule has 2 amide bonds. The summed E-state index contributed by atoms with van der Waals surface area (Å²) in [6, 6.07) is -0.153. The maximum absolute atomic E-state index is 11.7. The molecule has 0 spiro atoms. The summed E-state index contributed by atoms with van der Waals surface area (Å²) < 4.78 is 0. The predicted molar refractivity (Wildman–Crippen MR) is 65.6 cm³/mol. The molecule has 0 rings (SSSR count). The van der Waals surface area contributed by atoms with Crippen molar-refractivity contribution in [2.24, 2.45) is 5.73 Å². The van der Waals surface area contributed by atoms with E-state index >= 15 is 0 Å². The fourth-order valence-electron chi connectivity index (χ4n) is 1.18. The molecule has 7 heteroatoms. The van der Waals surface area contributed by atoms with E-state index in [9.17, 15) is 14.4 Å². The van der Waals surface area contributed by atoms with Gasteiger partial charge in [-0.2, -0.15) is 11.8 Å². The summed E-state index contributed by atoms with van der Waals surface area (Å²) in [7, 11) is 0. The Labute approximate surface area is 105 Å². The molecule has 0 aromatic heterocycles. The third kappa shape index (κ3) is 7.62. The number of amides is 2. The Hall–Kier alpha value is -1.24. The Morgan fingerprint density at radius 1 is 1.35 bits per heavy atom. The number of hydrogen-bond donors (Lipinski definition) is 2. The Balaban J connectivity index is 4.06. The highest BCUT2D eigenvalue weighted by atomic mass is 32.2. The van der Waals surface area contributed by atoms with Crippen LogP contribution >= 0.6 is 11.8 Å². The monoisotopic (exact) mass is 262 g/mol. The number of primary amides is 1. The van der Waals surface area contributed by atoms with Gasteiger partial charge in [-0.3, -0.25) is 14.4 Å². The zero-order chi connectivity index (χ0) is 13.4. The van der Waals surface area contributed by atoms with E-state index in [0.717, 1.165) is 0 Å². The lowest BCUT2D eigenvalue weighted by molar-refractivity contribution is -0.145. The molecule has 0 aliphatic heterocycles. The number of thioether (sulfide) groups is 1. The van der Waals surface area contributed by atoms with Crippen molar-refractivity contribution in [1.29, 1.82) is 0 Å². The van der Waals surface area contributed by atoms with Gasteiger partial charge in [-0.05, 0) is 13.8 Å². The van der Waals surface area contributed by atoms with Crippen LogP contribution in [0.25, 0.3) is 0 Å². The van der Waals surface area contributed by atoms with Gasteiger partial charge in [0.05, 0.1) is 5.75 Å². The zero-order valence-electron chi connectivity index (χ0n) is 10.0. The minimum absolute atomic E-state index is 0.153. The van der Waals surface area contributed by atoms with Gasteiger partial charge in [0.15, 0.2) is 0 Å². The molecule has 0 fully saturated rings. The number of aliphatic carboxylic acids is 1. The molecule has 3 N–H and O–H groups in total. The van der Waals surface area contributed by atoms with Gasteiger partial charge in [0, 0.05) is 18.2 Å². The van der Waals surface area contributed by atoms with Crippen LogP contribution in [0.4, 0.5) is 0 Å². The van der Waals surface area contributed by atoms with Crippen molar-refractivity contribution < 1.29 is 19.5 Å². The Morgan fingerprint density at radius 3 is 2.35 bits per heavy atom. The number of hydrogen-bond acceptors (Lipinski definition) is 4. The third-order valence-electron chi connectivity index (χ3n) is 1.95. The Kier molecular flexibility index (Phi) is 7.36. The number of nitrogens with zero attached hydrogens (tertiary/aromatic N) is 1. The van der Waals surface area contributed by atoms with Gasteiger partial charge in [0.2, 0.25) is 11.8 Å². The van der Waals surface area contributed by atoms with E-state index in [0.29, 0.717) is 5.75 Å². The largest absolute Gasteiger partial charge is 0.480 e. The molecule has 98 valence electrons. The first-order valence-electron chi connectivity index (χ1n) is 5.22. The van der Waals surface area contributed by atoms with E-state index in [4.69, 9.17) is 10.8 Å². The lowest BCUT2D eigenvalue weighted by Crippen LogP contribution is -2.40. The van der Waals surface area contributed by atoms with Crippen LogP contribution < -0.4 is 5.73 Å². The molecule has 0 atom stereocenters. The first-order valence-corrected chi connectivity index (χ1v) is 6.37. The van der Waals surface area contributed by atoms with Gasteiger partial charge in [0.1, 0.15) is 6.54 Å². The summed E-state index contributed by atoms with van der Waals surface area (Å²) in [4.78, 5) is 34.0. The number of carbonyl (C=O) groups excluding carboxylic acids is 2. The number of nitrogens with two attached hydrogens (primary N) is 1. The average Bonchev–Trinajstić information content (AvgIpc) is 2.19. The lowest BCUT2D eigenvalue weighted by atomic mass is 10.3. The minimum atomic E-state index is -1.03. The van der Waals surface area contributed by atoms with Gasteiger partial charge < -0.3 is 15.7 Å². The first-order chi connectivity index (χ1) is 7.84. The summed E-state index contributed by atoms with van der Waals surface area (Å²) in [5.74, 6) is -1.04. The number of carbonyl (C=O) groups is 3. The lowest BCUT2D eigenvalue weighted by Gasteiger charge is -2.24. The number of carboxylic acids is 1. The summed E-state index contributed by atoms with van der Waals surface area (Å²) in [5.41, 5.74) is 4.95. The fourth-order valence-corrected chi connectivity index (χ4v) is 1.84. The first kappa shape index (κ1) is 15.8. The van der Waals surface area contributed by atoms with Crippen LogP contribution in [0.1, 0.15) is 20.3 Å². The summed E-state index contributed by atoms with van der Waals surface area (Å²) in [5, 5.41) is 8.67. The molecule has 6 nitrogen and oxygen atoms in total. The molecule has 0 aromatic carbocycles. The van der Waals surface area contributed by atoms with E-state index in [1.807, 2.05) is 0 Å². The number of rotatable bonds is 8. The van der Waals surface area contributed by atoms with Gasteiger partial charge in [-0.1, -0.05) is 0 Å². The normalized spacial score (nSPS) is 10.3. The second-order valence-electron chi connectivity index (χ2n) is 3.78. The van der Waals surface area contributed by atoms with Gasteiger partial charge in [-0.25, -0.2) is 0 Å². The summed E-state index contributed by atoms with van der Waals surface area (Å²) in [6.45, 7) is 3.23. The van der Waals surface area contributed by atoms with Crippen LogP contribution in [0.15, 0.2) is 0 Å². The molecule has 0 aliphatic carbocycles. The van der Waals surface area contributed by atoms with E-state index in [-0.39, 0.29) is 30.7 Å². The highest BCUT2D eigenvalue weighted by Crippen LogP contribution is 2.06. The predicted octanol–water partition coefficient (Wildman–Crippen LogP) is -0.0834.